The fraction of sp³-hybridized carbons (Fsp3) is 0.167. The summed E-state index contributed by atoms with van der Waals surface area (Å²) in [6.07, 6.45) is 0.251. The molecule has 2 rings (SSSR count). The topological polar surface area (TPSA) is 72.5 Å². The molecule has 118 valence electrons. The first kappa shape index (κ1) is 16.4. The SMILES string of the molecule is COC(=O)[C@H](Cc1ccccc1)NC(=O)C(=O)c1ccccc1. The number of benzene rings is 2. The van der Waals surface area contributed by atoms with Crippen LogP contribution in [0.1, 0.15) is 15.9 Å². The van der Waals surface area contributed by atoms with Crippen molar-refractivity contribution in [2.75, 3.05) is 7.11 Å². The van der Waals surface area contributed by atoms with E-state index < -0.39 is 23.7 Å². The average Bonchev–Trinajstić information content (AvgIpc) is 2.61. The highest BCUT2D eigenvalue weighted by Crippen LogP contribution is 2.06. The van der Waals surface area contributed by atoms with Crippen molar-refractivity contribution in [3.8, 4) is 0 Å². The second-order valence-corrected chi connectivity index (χ2v) is 4.93. The second-order valence-electron chi connectivity index (χ2n) is 4.93. The van der Waals surface area contributed by atoms with Crippen LogP contribution in [0.15, 0.2) is 60.7 Å². The Morgan fingerprint density at radius 1 is 0.957 bits per heavy atom. The molecule has 1 atom stereocenters. The number of ketones is 1. The molecule has 0 saturated heterocycles. The number of hydrogen-bond acceptors (Lipinski definition) is 4. The van der Waals surface area contributed by atoms with Gasteiger partial charge < -0.3 is 10.1 Å². The number of Topliss-reactive ketones (excluding diaryl/α,β-unsaturated/α-hetero) is 1. The van der Waals surface area contributed by atoms with Crippen LogP contribution in [0.2, 0.25) is 0 Å². The lowest BCUT2D eigenvalue weighted by Crippen LogP contribution is -2.45. The van der Waals surface area contributed by atoms with Gasteiger partial charge in [0, 0.05) is 12.0 Å². The molecule has 0 unspecified atom stereocenters. The van der Waals surface area contributed by atoms with Gasteiger partial charge in [-0.3, -0.25) is 9.59 Å². The molecule has 0 heterocycles. The van der Waals surface area contributed by atoms with Gasteiger partial charge in [-0.15, -0.1) is 0 Å². The van der Waals surface area contributed by atoms with Crippen LogP contribution in [0.3, 0.4) is 0 Å². The molecule has 23 heavy (non-hydrogen) atoms. The highest BCUT2D eigenvalue weighted by atomic mass is 16.5. The smallest absolute Gasteiger partial charge is 0.328 e. The van der Waals surface area contributed by atoms with Gasteiger partial charge in [0.1, 0.15) is 6.04 Å². The summed E-state index contributed by atoms with van der Waals surface area (Å²) >= 11 is 0. The summed E-state index contributed by atoms with van der Waals surface area (Å²) in [7, 11) is 1.24. The summed E-state index contributed by atoms with van der Waals surface area (Å²) in [4.78, 5) is 36.0. The monoisotopic (exact) mass is 311 g/mol. The number of carbonyl (C=O) groups is 3. The molecule has 5 heteroatoms. The first-order valence-electron chi connectivity index (χ1n) is 7.14. The zero-order chi connectivity index (χ0) is 16.7. The Kier molecular flexibility index (Phi) is 5.63. The molecular weight excluding hydrogens is 294 g/mol. The van der Waals surface area contributed by atoms with Gasteiger partial charge in [-0.1, -0.05) is 60.7 Å². The summed E-state index contributed by atoms with van der Waals surface area (Å²) in [6, 6.07) is 16.5. The molecular formula is C18H17NO4. The van der Waals surface area contributed by atoms with Gasteiger partial charge in [0.2, 0.25) is 5.78 Å². The third-order valence-corrected chi connectivity index (χ3v) is 3.32. The molecule has 0 radical (unpaired) electrons. The van der Waals surface area contributed by atoms with Crippen LogP contribution in [0.4, 0.5) is 0 Å². The minimum Gasteiger partial charge on any atom is -0.467 e. The maximum Gasteiger partial charge on any atom is 0.328 e. The van der Waals surface area contributed by atoms with Crippen molar-refractivity contribution in [2.24, 2.45) is 0 Å². The lowest BCUT2D eigenvalue weighted by Gasteiger charge is -2.16. The van der Waals surface area contributed by atoms with Crippen LogP contribution in [-0.2, 0) is 20.7 Å². The predicted molar refractivity (Wildman–Crippen MR) is 84.9 cm³/mol. The van der Waals surface area contributed by atoms with Gasteiger partial charge in [-0.25, -0.2) is 4.79 Å². The Hall–Kier alpha value is -2.95. The van der Waals surface area contributed by atoms with E-state index in [1.165, 1.54) is 7.11 Å². The highest BCUT2D eigenvalue weighted by Gasteiger charge is 2.25. The van der Waals surface area contributed by atoms with Crippen molar-refractivity contribution in [3.63, 3.8) is 0 Å². The average molecular weight is 311 g/mol. The molecule has 2 aromatic rings. The standard InChI is InChI=1S/C18H17NO4/c1-23-18(22)15(12-13-8-4-2-5-9-13)19-17(21)16(20)14-10-6-3-7-11-14/h2-11,15H,12H2,1H3,(H,19,21)/t15-/m0/s1. The summed E-state index contributed by atoms with van der Waals surface area (Å²) in [6.45, 7) is 0. The molecule has 0 bridgehead atoms. The number of amides is 1. The fourth-order valence-electron chi connectivity index (χ4n) is 2.13. The van der Waals surface area contributed by atoms with Crippen molar-refractivity contribution in [2.45, 2.75) is 12.5 Å². The molecule has 0 aliphatic heterocycles. The fourth-order valence-corrected chi connectivity index (χ4v) is 2.13. The van der Waals surface area contributed by atoms with E-state index in [2.05, 4.69) is 5.32 Å². The van der Waals surface area contributed by atoms with Crippen molar-refractivity contribution in [1.82, 2.24) is 5.32 Å². The minimum atomic E-state index is -0.914. The van der Waals surface area contributed by atoms with Gasteiger partial charge in [-0.2, -0.15) is 0 Å². The number of carbonyl (C=O) groups excluding carboxylic acids is 3. The van der Waals surface area contributed by atoms with E-state index in [1.54, 1.807) is 30.3 Å². The largest absolute Gasteiger partial charge is 0.467 e. The maximum atomic E-state index is 12.1. The quantitative estimate of drug-likeness (QED) is 0.501. The van der Waals surface area contributed by atoms with E-state index in [0.29, 0.717) is 0 Å². The van der Waals surface area contributed by atoms with Crippen LogP contribution < -0.4 is 5.32 Å². The van der Waals surface area contributed by atoms with Gasteiger partial charge in [0.15, 0.2) is 0 Å². The molecule has 5 nitrogen and oxygen atoms in total. The van der Waals surface area contributed by atoms with Crippen LogP contribution in [0, 0.1) is 0 Å². The van der Waals surface area contributed by atoms with Gasteiger partial charge in [-0.05, 0) is 5.56 Å². The van der Waals surface area contributed by atoms with Crippen molar-refractivity contribution < 1.29 is 19.1 Å². The van der Waals surface area contributed by atoms with E-state index in [-0.39, 0.29) is 12.0 Å². The highest BCUT2D eigenvalue weighted by molar-refractivity contribution is 6.43. The number of methoxy groups -OCH3 is 1. The van der Waals surface area contributed by atoms with Gasteiger partial charge in [0.05, 0.1) is 7.11 Å². The first-order valence-corrected chi connectivity index (χ1v) is 7.14. The van der Waals surface area contributed by atoms with Crippen molar-refractivity contribution in [1.29, 1.82) is 0 Å². The van der Waals surface area contributed by atoms with Crippen LogP contribution in [0.25, 0.3) is 0 Å². The number of esters is 1. The van der Waals surface area contributed by atoms with Gasteiger partial charge in [0.25, 0.3) is 5.91 Å². The van der Waals surface area contributed by atoms with Crippen molar-refractivity contribution >= 4 is 17.7 Å². The second kappa shape index (κ2) is 7.89. The molecule has 1 N–H and O–H groups in total. The van der Waals surface area contributed by atoms with Crippen LogP contribution in [0.5, 0.6) is 0 Å². The Labute approximate surface area is 134 Å². The third-order valence-electron chi connectivity index (χ3n) is 3.32. The lowest BCUT2D eigenvalue weighted by atomic mass is 10.0. The minimum absolute atomic E-state index is 0.251. The zero-order valence-electron chi connectivity index (χ0n) is 12.7. The normalized spacial score (nSPS) is 11.3. The Balaban J connectivity index is 2.10. The molecule has 0 saturated carbocycles. The van der Waals surface area contributed by atoms with Crippen molar-refractivity contribution in [3.05, 3.63) is 71.8 Å². The first-order chi connectivity index (χ1) is 11.1. The number of ether oxygens (including phenoxy) is 1. The molecule has 0 aliphatic carbocycles. The predicted octanol–water partition coefficient (Wildman–Crippen LogP) is 1.77. The third kappa shape index (κ3) is 4.51. The maximum absolute atomic E-state index is 12.1. The van der Waals surface area contributed by atoms with E-state index in [9.17, 15) is 14.4 Å². The molecule has 0 fully saturated rings. The van der Waals surface area contributed by atoms with Gasteiger partial charge >= 0.3 is 5.97 Å². The van der Waals surface area contributed by atoms with E-state index in [0.717, 1.165) is 5.56 Å². The summed E-state index contributed by atoms with van der Waals surface area (Å²) < 4.78 is 4.71. The summed E-state index contributed by atoms with van der Waals surface area (Å²) in [5.74, 6) is -2.11. The van der Waals surface area contributed by atoms with E-state index >= 15 is 0 Å². The molecule has 1 amide bonds. The Morgan fingerprint density at radius 3 is 2.09 bits per heavy atom. The summed E-state index contributed by atoms with van der Waals surface area (Å²) in [5.41, 5.74) is 1.13. The van der Waals surface area contributed by atoms with Crippen LogP contribution in [-0.4, -0.2) is 30.8 Å². The summed E-state index contributed by atoms with van der Waals surface area (Å²) in [5, 5.41) is 2.45. The van der Waals surface area contributed by atoms with E-state index in [4.69, 9.17) is 4.74 Å². The number of rotatable bonds is 6. The zero-order valence-corrected chi connectivity index (χ0v) is 12.7. The van der Waals surface area contributed by atoms with Crippen LogP contribution >= 0.6 is 0 Å². The Morgan fingerprint density at radius 2 is 1.52 bits per heavy atom. The molecule has 0 aliphatic rings. The molecule has 0 spiro atoms. The number of hydrogen-bond donors (Lipinski definition) is 1. The Bertz CT molecular complexity index is 683. The molecule has 0 aromatic heterocycles. The lowest BCUT2D eigenvalue weighted by molar-refractivity contribution is -0.144. The number of nitrogens with one attached hydrogen (secondary N) is 1. The molecule has 2 aromatic carbocycles. The van der Waals surface area contributed by atoms with E-state index in [1.807, 2.05) is 30.3 Å².